The highest BCUT2D eigenvalue weighted by Crippen LogP contribution is 2.16. The number of halogens is 1. The Balaban J connectivity index is 1.70. The summed E-state index contributed by atoms with van der Waals surface area (Å²) >= 11 is 6.06. The molecule has 0 saturated carbocycles. The molecule has 0 radical (unpaired) electrons. The van der Waals surface area contributed by atoms with Crippen LogP contribution in [0, 0.1) is 6.92 Å². The number of benzene rings is 1. The summed E-state index contributed by atoms with van der Waals surface area (Å²) in [7, 11) is 1.96. The van der Waals surface area contributed by atoms with Gasteiger partial charge in [-0.05, 0) is 31.7 Å². The Morgan fingerprint density at radius 1 is 1.27 bits per heavy atom. The predicted octanol–water partition coefficient (Wildman–Crippen LogP) is 3.25. The maximum atomic E-state index is 10.0. The molecule has 0 bridgehead atoms. The summed E-state index contributed by atoms with van der Waals surface area (Å²) in [5.41, 5.74) is 2.06. The molecule has 2 aromatic rings. The van der Waals surface area contributed by atoms with Crippen molar-refractivity contribution in [2.24, 2.45) is 0 Å². The molecule has 0 amide bonds. The van der Waals surface area contributed by atoms with Crippen LogP contribution in [0.1, 0.15) is 16.9 Å². The number of nitrogens with zero attached hydrogens (tertiary/aromatic N) is 1. The molecule has 0 saturated heterocycles. The molecule has 120 valence electrons. The van der Waals surface area contributed by atoms with Crippen molar-refractivity contribution < 1.29 is 14.3 Å². The van der Waals surface area contributed by atoms with Gasteiger partial charge in [0.25, 0.3) is 0 Å². The molecule has 1 heterocycles. The summed E-state index contributed by atoms with van der Waals surface area (Å²) in [6, 6.07) is 9.50. The van der Waals surface area contributed by atoms with E-state index in [-0.39, 0.29) is 6.61 Å². The van der Waals surface area contributed by atoms with E-state index in [9.17, 15) is 5.11 Å². The maximum Gasteiger partial charge on any atom is 0.105 e. The van der Waals surface area contributed by atoms with Gasteiger partial charge in [0.05, 0.1) is 25.6 Å². The van der Waals surface area contributed by atoms with E-state index in [0.29, 0.717) is 18.2 Å². The number of hydrogen-bond acceptors (Lipinski definition) is 4. The zero-order valence-electron chi connectivity index (χ0n) is 13.0. The van der Waals surface area contributed by atoms with Crippen LogP contribution in [-0.2, 0) is 17.9 Å². The first-order valence-electron chi connectivity index (χ1n) is 7.27. The zero-order chi connectivity index (χ0) is 15.9. The number of hydrogen-bond donors (Lipinski definition) is 1. The number of aliphatic hydroxyl groups excluding tert-OH is 1. The SMILES string of the molecule is Cc1occc1CN(C)CC(O)COCc1ccccc1Cl. The Morgan fingerprint density at radius 3 is 2.73 bits per heavy atom. The molecule has 1 N–H and O–H groups in total. The van der Waals surface area contributed by atoms with Crippen molar-refractivity contribution in [2.75, 3.05) is 20.2 Å². The van der Waals surface area contributed by atoms with Crippen molar-refractivity contribution in [1.29, 1.82) is 0 Å². The van der Waals surface area contributed by atoms with Crippen LogP contribution in [0.4, 0.5) is 0 Å². The molecule has 4 nitrogen and oxygen atoms in total. The summed E-state index contributed by atoms with van der Waals surface area (Å²) in [5, 5.41) is 10.7. The minimum Gasteiger partial charge on any atom is -0.469 e. The lowest BCUT2D eigenvalue weighted by Gasteiger charge is -2.20. The monoisotopic (exact) mass is 323 g/mol. The average molecular weight is 324 g/mol. The first-order valence-corrected chi connectivity index (χ1v) is 7.64. The van der Waals surface area contributed by atoms with E-state index in [1.54, 1.807) is 6.26 Å². The summed E-state index contributed by atoms with van der Waals surface area (Å²) in [4.78, 5) is 2.04. The summed E-state index contributed by atoms with van der Waals surface area (Å²) < 4.78 is 10.8. The van der Waals surface area contributed by atoms with E-state index in [1.807, 2.05) is 49.2 Å². The number of ether oxygens (including phenoxy) is 1. The first-order chi connectivity index (χ1) is 10.6. The predicted molar refractivity (Wildman–Crippen MR) is 86.9 cm³/mol. The fraction of sp³-hybridized carbons (Fsp3) is 0.412. The van der Waals surface area contributed by atoms with Gasteiger partial charge < -0.3 is 14.3 Å². The van der Waals surface area contributed by atoms with E-state index in [4.69, 9.17) is 20.8 Å². The summed E-state index contributed by atoms with van der Waals surface area (Å²) in [6.45, 7) is 3.89. The van der Waals surface area contributed by atoms with E-state index in [1.165, 1.54) is 0 Å². The smallest absolute Gasteiger partial charge is 0.105 e. The molecule has 22 heavy (non-hydrogen) atoms. The fourth-order valence-electron chi connectivity index (χ4n) is 2.26. The lowest BCUT2D eigenvalue weighted by Crippen LogP contribution is -2.31. The Bertz CT molecular complexity index is 585. The Hall–Kier alpha value is -1.33. The van der Waals surface area contributed by atoms with Crippen molar-refractivity contribution in [3.05, 3.63) is 58.5 Å². The minimum atomic E-state index is -0.542. The highest BCUT2D eigenvalue weighted by atomic mass is 35.5. The van der Waals surface area contributed by atoms with Crippen molar-refractivity contribution >= 4 is 11.6 Å². The third kappa shape index (κ3) is 5.14. The van der Waals surface area contributed by atoms with Gasteiger partial charge >= 0.3 is 0 Å². The molecule has 1 aromatic carbocycles. The van der Waals surface area contributed by atoms with Crippen molar-refractivity contribution in [2.45, 2.75) is 26.2 Å². The second-order valence-electron chi connectivity index (χ2n) is 5.46. The molecule has 1 aromatic heterocycles. The number of aryl methyl sites for hydroxylation is 1. The third-order valence-electron chi connectivity index (χ3n) is 3.45. The highest BCUT2D eigenvalue weighted by molar-refractivity contribution is 6.31. The van der Waals surface area contributed by atoms with E-state index < -0.39 is 6.10 Å². The summed E-state index contributed by atoms with van der Waals surface area (Å²) in [6.07, 6.45) is 1.14. The average Bonchev–Trinajstić information content (AvgIpc) is 2.86. The van der Waals surface area contributed by atoms with Crippen molar-refractivity contribution in [3.8, 4) is 0 Å². The minimum absolute atomic E-state index is 0.278. The van der Waals surface area contributed by atoms with Crippen LogP contribution in [0.25, 0.3) is 0 Å². The van der Waals surface area contributed by atoms with Crippen LogP contribution >= 0.6 is 11.6 Å². The van der Waals surface area contributed by atoms with Crippen LogP contribution in [-0.4, -0.2) is 36.3 Å². The second kappa shape index (κ2) is 8.34. The van der Waals surface area contributed by atoms with Crippen molar-refractivity contribution in [1.82, 2.24) is 4.90 Å². The van der Waals surface area contributed by atoms with Gasteiger partial charge in [-0.25, -0.2) is 0 Å². The van der Waals surface area contributed by atoms with Gasteiger partial charge in [0.15, 0.2) is 0 Å². The number of furan rings is 1. The topological polar surface area (TPSA) is 45.8 Å². The van der Waals surface area contributed by atoms with Crippen LogP contribution in [0.2, 0.25) is 5.02 Å². The van der Waals surface area contributed by atoms with Crippen LogP contribution < -0.4 is 0 Å². The lowest BCUT2D eigenvalue weighted by molar-refractivity contribution is 0.0127. The second-order valence-corrected chi connectivity index (χ2v) is 5.87. The molecule has 5 heteroatoms. The van der Waals surface area contributed by atoms with Gasteiger partial charge in [0, 0.05) is 23.7 Å². The Morgan fingerprint density at radius 2 is 2.05 bits per heavy atom. The van der Waals surface area contributed by atoms with E-state index in [2.05, 4.69) is 0 Å². The molecular weight excluding hydrogens is 302 g/mol. The van der Waals surface area contributed by atoms with Crippen LogP contribution in [0.15, 0.2) is 41.0 Å². The Kier molecular flexibility index (Phi) is 6.46. The van der Waals surface area contributed by atoms with Crippen LogP contribution in [0.5, 0.6) is 0 Å². The molecule has 0 aliphatic rings. The highest BCUT2D eigenvalue weighted by Gasteiger charge is 2.11. The van der Waals surface area contributed by atoms with Gasteiger partial charge in [-0.15, -0.1) is 0 Å². The summed E-state index contributed by atoms with van der Waals surface area (Å²) in [5.74, 6) is 0.913. The number of aliphatic hydroxyl groups is 1. The first kappa shape index (κ1) is 17.0. The number of rotatable bonds is 8. The van der Waals surface area contributed by atoms with Gasteiger partial charge in [-0.3, -0.25) is 4.90 Å². The van der Waals surface area contributed by atoms with Gasteiger partial charge in [-0.1, -0.05) is 29.8 Å². The third-order valence-corrected chi connectivity index (χ3v) is 3.82. The fourth-order valence-corrected chi connectivity index (χ4v) is 2.45. The molecule has 0 fully saturated rings. The molecule has 1 unspecified atom stereocenters. The maximum absolute atomic E-state index is 10.0. The zero-order valence-corrected chi connectivity index (χ0v) is 13.7. The van der Waals surface area contributed by atoms with Gasteiger partial charge in [0.1, 0.15) is 5.76 Å². The number of likely N-dealkylation sites (N-methyl/N-ethyl adjacent to an activating group) is 1. The standard InChI is InChI=1S/C17H22ClNO3/c1-13-14(7-8-22-13)9-19(2)10-16(20)12-21-11-15-5-3-4-6-17(15)18/h3-8,16,20H,9-12H2,1-2H3. The lowest BCUT2D eigenvalue weighted by atomic mass is 10.2. The van der Waals surface area contributed by atoms with E-state index in [0.717, 1.165) is 23.4 Å². The van der Waals surface area contributed by atoms with E-state index >= 15 is 0 Å². The largest absolute Gasteiger partial charge is 0.469 e. The molecular formula is C17H22ClNO3. The molecule has 2 rings (SSSR count). The molecule has 0 spiro atoms. The quantitative estimate of drug-likeness (QED) is 0.810. The molecule has 1 atom stereocenters. The van der Waals surface area contributed by atoms with Crippen molar-refractivity contribution in [3.63, 3.8) is 0 Å². The van der Waals surface area contributed by atoms with Gasteiger partial charge in [-0.2, -0.15) is 0 Å². The normalized spacial score (nSPS) is 12.8. The Labute approximate surface area is 136 Å². The molecule has 0 aliphatic carbocycles. The van der Waals surface area contributed by atoms with Crippen LogP contribution in [0.3, 0.4) is 0 Å². The van der Waals surface area contributed by atoms with Gasteiger partial charge in [0.2, 0.25) is 0 Å². The molecule has 0 aliphatic heterocycles.